The number of benzene rings is 1. The Kier molecular flexibility index (Phi) is 4.51. The maximum absolute atomic E-state index is 11.7. The Bertz CT molecular complexity index is 710. The number of hydrogen-bond donors (Lipinski definition) is 1. The molecule has 1 N–H and O–H groups in total. The molecule has 23 heavy (non-hydrogen) atoms. The lowest BCUT2D eigenvalue weighted by Gasteiger charge is -2.45. The molecular weight excluding hydrogens is 286 g/mol. The quantitative estimate of drug-likeness (QED) is 0.673. The van der Waals surface area contributed by atoms with Gasteiger partial charge in [0.25, 0.3) is 5.91 Å². The maximum Gasteiger partial charge on any atom is 0.261 e. The van der Waals surface area contributed by atoms with E-state index in [1.165, 1.54) is 18.3 Å². The van der Waals surface area contributed by atoms with Crippen LogP contribution < -0.4 is 10.2 Å². The van der Waals surface area contributed by atoms with Gasteiger partial charge in [-0.15, -0.1) is 0 Å². The van der Waals surface area contributed by atoms with Crippen molar-refractivity contribution in [2.45, 2.75) is 45.6 Å². The summed E-state index contributed by atoms with van der Waals surface area (Å²) in [6.07, 6.45) is 2.75. The van der Waals surface area contributed by atoms with Crippen molar-refractivity contribution in [3.8, 4) is 6.07 Å². The number of nitriles is 1. The Morgan fingerprint density at radius 2 is 2.13 bits per heavy atom. The minimum absolute atomic E-state index is 0.121. The summed E-state index contributed by atoms with van der Waals surface area (Å²) in [7, 11) is 3.66. The lowest BCUT2D eigenvalue weighted by atomic mass is 9.79. The molecule has 0 spiro atoms. The van der Waals surface area contributed by atoms with Crippen molar-refractivity contribution in [3.63, 3.8) is 0 Å². The van der Waals surface area contributed by atoms with Gasteiger partial charge in [0.15, 0.2) is 0 Å². The van der Waals surface area contributed by atoms with Gasteiger partial charge >= 0.3 is 0 Å². The van der Waals surface area contributed by atoms with E-state index in [2.05, 4.69) is 50.2 Å². The van der Waals surface area contributed by atoms with Crippen LogP contribution in [0.25, 0.3) is 6.08 Å². The predicted molar refractivity (Wildman–Crippen MR) is 94.3 cm³/mol. The van der Waals surface area contributed by atoms with E-state index in [1.54, 1.807) is 6.08 Å². The number of nitrogens with zero attached hydrogens (tertiary/aromatic N) is 2. The summed E-state index contributed by atoms with van der Waals surface area (Å²) in [5.74, 6) is 0.0883. The lowest BCUT2D eigenvalue weighted by molar-refractivity contribution is -0.116. The van der Waals surface area contributed by atoms with Gasteiger partial charge in [0.1, 0.15) is 11.6 Å². The Labute approximate surface area is 138 Å². The number of nitrogens with one attached hydrogen (secondary N) is 1. The Morgan fingerprint density at radius 3 is 2.70 bits per heavy atom. The first-order chi connectivity index (χ1) is 10.7. The van der Waals surface area contributed by atoms with Crippen LogP contribution in [0, 0.1) is 18.3 Å². The van der Waals surface area contributed by atoms with E-state index in [4.69, 9.17) is 0 Å². The molecule has 0 saturated heterocycles. The number of amides is 1. The molecule has 1 aliphatic heterocycles. The van der Waals surface area contributed by atoms with Crippen molar-refractivity contribution in [1.29, 1.82) is 5.26 Å². The number of anilines is 1. The van der Waals surface area contributed by atoms with Gasteiger partial charge in [-0.05, 0) is 68.0 Å². The minimum atomic E-state index is -0.351. The van der Waals surface area contributed by atoms with Crippen LogP contribution in [-0.4, -0.2) is 25.5 Å². The van der Waals surface area contributed by atoms with Crippen molar-refractivity contribution in [1.82, 2.24) is 5.32 Å². The summed E-state index contributed by atoms with van der Waals surface area (Å²) < 4.78 is 0. The summed E-state index contributed by atoms with van der Waals surface area (Å²) in [6.45, 7) is 8.77. The molecule has 4 heteroatoms. The molecule has 0 bridgehead atoms. The number of rotatable bonds is 2. The summed E-state index contributed by atoms with van der Waals surface area (Å²) >= 11 is 0. The fraction of sp³-hybridized carbons (Fsp3) is 0.474. The molecule has 0 aliphatic carbocycles. The Morgan fingerprint density at radius 1 is 1.48 bits per heavy atom. The molecule has 1 amide bonds. The van der Waals surface area contributed by atoms with Crippen LogP contribution in [0.15, 0.2) is 17.7 Å². The number of carbonyl (C=O) groups excluding carboxylic acids is 1. The Hall–Kier alpha value is -2.28. The van der Waals surface area contributed by atoms with Crippen LogP contribution in [0.2, 0.25) is 0 Å². The second-order valence-corrected chi connectivity index (χ2v) is 6.99. The fourth-order valence-electron chi connectivity index (χ4n) is 3.33. The number of likely N-dealkylation sites (N-methyl/N-ethyl adjacent to an activating group) is 1. The molecule has 2 rings (SSSR count). The van der Waals surface area contributed by atoms with Gasteiger partial charge in [-0.25, -0.2) is 0 Å². The van der Waals surface area contributed by atoms with E-state index < -0.39 is 0 Å². The minimum Gasteiger partial charge on any atom is -0.369 e. The van der Waals surface area contributed by atoms with E-state index in [9.17, 15) is 10.1 Å². The lowest BCUT2D eigenvalue weighted by Crippen LogP contribution is -2.45. The zero-order valence-corrected chi connectivity index (χ0v) is 14.8. The first kappa shape index (κ1) is 17.1. The maximum atomic E-state index is 11.7. The molecule has 1 aliphatic rings. The van der Waals surface area contributed by atoms with Gasteiger partial charge in [0.2, 0.25) is 0 Å². The summed E-state index contributed by atoms with van der Waals surface area (Å²) in [5.41, 5.74) is 4.77. The Balaban J connectivity index is 2.56. The highest BCUT2D eigenvalue weighted by Crippen LogP contribution is 2.43. The van der Waals surface area contributed by atoms with Crippen LogP contribution >= 0.6 is 0 Å². The van der Waals surface area contributed by atoms with Crippen LogP contribution in [0.4, 0.5) is 5.69 Å². The SMILES string of the molecule is CNC(=O)/C(C#N)=C\c1cc2c(cc1C)N(C)C(C)(C)C[C@@H]2C. The highest BCUT2D eigenvalue weighted by molar-refractivity contribution is 6.01. The van der Waals surface area contributed by atoms with Gasteiger partial charge < -0.3 is 10.2 Å². The molecule has 4 nitrogen and oxygen atoms in total. The molecule has 0 saturated carbocycles. The topological polar surface area (TPSA) is 56.1 Å². The number of fused-ring (bicyclic) bond motifs is 1. The molecule has 122 valence electrons. The van der Waals surface area contributed by atoms with E-state index in [-0.39, 0.29) is 17.0 Å². The average Bonchev–Trinajstić information content (AvgIpc) is 2.50. The molecule has 0 fully saturated rings. The van der Waals surface area contributed by atoms with Crippen LogP contribution in [0.3, 0.4) is 0 Å². The molecule has 1 atom stereocenters. The average molecular weight is 311 g/mol. The van der Waals surface area contributed by atoms with Crippen molar-refractivity contribution < 1.29 is 4.79 Å². The van der Waals surface area contributed by atoms with Gasteiger partial charge in [-0.2, -0.15) is 5.26 Å². The van der Waals surface area contributed by atoms with Crippen molar-refractivity contribution in [3.05, 3.63) is 34.4 Å². The van der Waals surface area contributed by atoms with E-state index in [0.717, 1.165) is 17.5 Å². The molecule has 1 aromatic rings. The molecule has 0 unspecified atom stereocenters. The third-order valence-corrected chi connectivity index (χ3v) is 4.91. The van der Waals surface area contributed by atoms with Crippen molar-refractivity contribution in [2.24, 2.45) is 0 Å². The van der Waals surface area contributed by atoms with Crippen LogP contribution in [0.5, 0.6) is 0 Å². The summed E-state index contributed by atoms with van der Waals surface area (Å²) in [4.78, 5) is 14.1. The molecule has 0 aromatic heterocycles. The summed E-state index contributed by atoms with van der Waals surface area (Å²) in [5, 5.41) is 11.7. The predicted octanol–water partition coefficient (Wildman–Crippen LogP) is 3.37. The largest absolute Gasteiger partial charge is 0.369 e. The molecular formula is C19H25N3O. The first-order valence-corrected chi connectivity index (χ1v) is 7.93. The van der Waals surface area contributed by atoms with Crippen LogP contribution in [0.1, 0.15) is 49.8 Å². The fourth-order valence-corrected chi connectivity index (χ4v) is 3.33. The normalized spacial score (nSPS) is 19.8. The smallest absolute Gasteiger partial charge is 0.261 e. The third-order valence-electron chi connectivity index (χ3n) is 4.91. The van der Waals surface area contributed by atoms with Gasteiger partial charge in [0, 0.05) is 25.3 Å². The zero-order valence-electron chi connectivity index (χ0n) is 14.8. The zero-order chi connectivity index (χ0) is 17.4. The molecule has 1 heterocycles. The standard InChI is InChI=1S/C19H25N3O/c1-12-7-17-16(13(2)10-19(3,4)22(17)6)9-14(12)8-15(11-20)18(23)21-5/h7-9,13H,10H2,1-6H3,(H,21,23)/b15-8-/t13-/m0/s1. The number of aryl methyl sites for hydroxylation is 1. The second-order valence-electron chi connectivity index (χ2n) is 6.99. The van der Waals surface area contributed by atoms with Gasteiger partial charge in [0.05, 0.1) is 0 Å². The van der Waals surface area contributed by atoms with Crippen molar-refractivity contribution in [2.75, 3.05) is 19.0 Å². The van der Waals surface area contributed by atoms with E-state index >= 15 is 0 Å². The molecule has 1 aromatic carbocycles. The van der Waals surface area contributed by atoms with E-state index in [1.807, 2.05) is 13.0 Å². The van der Waals surface area contributed by atoms with Gasteiger partial charge in [-0.3, -0.25) is 4.79 Å². The second kappa shape index (κ2) is 6.08. The third kappa shape index (κ3) is 3.10. The number of carbonyl (C=O) groups is 1. The summed E-state index contributed by atoms with van der Waals surface area (Å²) in [6, 6.07) is 6.27. The van der Waals surface area contributed by atoms with E-state index in [0.29, 0.717) is 5.92 Å². The highest BCUT2D eigenvalue weighted by atomic mass is 16.1. The van der Waals surface area contributed by atoms with Crippen LogP contribution in [-0.2, 0) is 4.79 Å². The first-order valence-electron chi connectivity index (χ1n) is 7.93. The van der Waals surface area contributed by atoms with Gasteiger partial charge in [-0.1, -0.05) is 6.92 Å². The highest BCUT2D eigenvalue weighted by Gasteiger charge is 2.34. The molecule has 0 radical (unpaired) electrons. The van der Waals surface area contributed by atoms with Crippen molar-refractivity contribution >= 4 is 17.7 Å². The monoisotopic (exact) mass is 311 g/mol. The number of hydrogen-bond acceptors (Lipinski definition) is 3.